The van der Waals surface area contributed by atoms with Crippen molar-refractivity contribution in [2.45, 2.75) is 40.5 Å². The van der Waals surface area contributed by atoms with Crippen molar-refractivity contribution >= 4 is 5.91 Å². The van der Waals surface area contributed by atoms with E-state index < -0.39 is 0 Å². The van der Waals surface area contributed by atoms with Crippen molar-refractivity contribution in [3.63, 3.8) is 0 Å². The van der Waals surface area contributed by atoms with Crippen LogP contribution in [0.15, 0.2) is 0 Å². The maximum atomic E-state index is 11.5. The second-order valence-corrected chi connectivity index (χ2v) is 4.81. The molecule has 0 fully saturated rings. The Labute approximate surface area is 87.4 Å². The second kappa shape index (κ2) is 6.02. The number of carbonyl (C=O) groups excluding carboxylic acids is 1. The van der Waals surface area contributed by atoms with Crippen molar-refractivity contribution < 1.29 is 4.79 Å². The fourth-order valence-electron chi connectivity index (χ4n) is 1.19. The van der Waals surface area contributed by atoms with Gasteiger partial charge in [-0.1, -0.05) is 34.1 Å². The molecule has 84 valence electrons. The Morgan fingerprint density at radius 2 is 2.00 bits per heavy atom. The molecule has 0 aromatic rings. The van der Waals surface area contributed by atoms with Gasteiger partial charge < -0.3 is 11.1 Å². The van der Waals surface area contributed by atoms with Gasteiger partial charge in [0.15, 0.2) is 0 Å². The smallest absolute Gasteiger partial charge is 0.225 e. The minimum Gasteiger partial charge on any atom is -0.355 e. The van der Waals surface area contributed by atoms with E-state index in [0.717, 1.165) is 19.4 Å². The molecule has 1 unspecified atom stereocenters. The topological polar surface area (TPSA) is 55.1 Å². The summed E-state index contributed by atoms with van der Waals surface area (Å²) < 4.78 is 0. The SMILES string of the molecule is CCC(CCN)CNC(=O)C(C)(C)C. The highest BCUT2D eigenvalue weighted by atomic mass is 16.2. The molecular formula is C11H24N2O. The number of rotatable bonds is 5. The molecule has 0 aromatic heterocycles. The minimum absolute atomic E-state index is 0.118. The third-order valence-electron chi connectivity index (χ3n) is 2.38. The van der Waals surface area contributed by atoms with Crippen LogP contribution in [0.4, 0.5) is 0 Å². The Kier molecular flexibility index (Phi) is 5.77. The third-order valence-corrected chi connectivity index (χ3v) is 2.38. The monoisotopic (exact) mass is 200 g/mol. The summed E-state index contributed by atoms with van der Waals surface area (Å²) >= 11 is 0. The number of hydrogen-bond acceptors (Lipinski definition) is 2. The summed E-state index contributed by atoms with van der Waals surface area (Å²) in [4.78, 5) is 11.5. The van der Waals surface area contributed by atoms with Crippen LogP contribution in [0.3, 0.4) is 0 Å². The lowest BCUT2D eigenvalue weighted by Gasteiger charge is -2.20. The summed E-state index contributed by atoms with van der Waals surface area (Å²) in [5.41, 5.74) is 5.19. The van der Waals surface area contributed by atoms with E-state index in [0.29, 0.717) is 12.5 Å². The molecular weight excluding hydrogens is 176 g/mol. The molecule has 0 aliphatic carbocycles. The molecule has 0 aromatic carbocycles. The van der Waals surface area contributed by atoms with E-state index in [1.54, 1.807) is 0 Å². The first-order chi connectivity index (χ1) is 6.41. The first kappa shape index (κ1) is 13.4. The fourth-order valence-corrected chi connectivity index (χ4v) is 1.19. The molecule has 14 heavy (non-hydrogen) atoms. The van der Waals surface area contributed by atoms with E-state index in [1.165, 1.54) is 0 Å². The molecule has 1 atom stereocenters. The van der Waals surface area contributed by atoms with Crippen LogP contribution in [0, 0.1) is 11.3 Å². The minimum atomic E-state index is -0.291. The highest BCUT2D eigenvalue weighted by Gasteiger charge is 2.21. The zero-order chi connectivity index (χ0) is 11.2. The molecule has 0 aliphatic rings. The Hall–Kier alpha value is -0.570. The molecule has 3 nitrogen and oxygen atoms in total. The predicted molar refractivity (Wildman–Crippen MR) is 59.9 cm³/mol. The van der Waals surface area contributed by atoms with Gasteiger partial charge in [-0.2, -0.15) is 0 Å². The molecule has 0 spiro atoms. The van der Waals surface area contributed by atoms with E-state index in [4.69, 9.17) is 5.73 Å². The molecule has 0 heterocycles. The molecule has 1 amide bonds. The van der Waals surface area contributed by atoms with Crippen LogP contribution >= 0.6 is 0 Å². The van der Waals surface area contributed by atoms with Crippen molar-refractivity contribution in [3.8, 4) is 0 Å². The maximum Gasteiger partial charge on any atom is 0.225 e. The van der Waals surface area contributed by atoms with E-state index >= 15 is 0 Å². The van der Waals surface area contributed by atoms with Gasteiger partial charge in [0.2, 0.25) is 5.91 Å². The number of nitrogens with one attached hydrogen (secondary N) is 1. The van der Waals surface area contributed by atoms with Gasteiger partial charge in [-0.15, -0.1) is 0 Å². The number of nitrogens with two attached hydrogens (primary N) is 1. The van der Waals surface area contributed by atoms with Crippen LogP contribution in [0.1, 0.15) is 40.5 Å². The van der Waals surface area contributed by atoms with E-state index in [1.807, 2.05) is 20.8 Å². The summed E-state index contributed by atoms with van der Waals surface area (Å²) in [6.07, 6.45) is 2.06. The van der Waals surface area contributed by atoms with Crippen LogP contribution in [0.2, 0.25) is 0 Å². The molecule has 0 aliphatic heterocycles. The standard InChI is InChI=1S/C11H24N2O/c1-5-9(6-7-12)8-13-10(14)11(2,3)4/h9H,5-8,12H2,1-4H3,(H,13,14). The van der Waals surface area contributed by atoms with Gasteiger partial charge in [-0.3, -0.25) is 4.79 Å². The van der Waals surface area contributed by atoms with Crippen LogP contribution in [-0.4, -0.2) is 19.0 Å². The van der Waals surface area contributed by atoms with Gasteiger partial charge in [0.05, 0.1) is 0 Å². The highest BCUT2D eigenvalue weighted by Crippen LogP contribution is 2.13. The lowest BCUT2D eigenvalue weighted by Crippen LogP contribution is -2.38. The van der Waals surface area contributed by atoms with Crippen LogP contribution in [0.25, 0.3) is 0 Å². The second-order valence-electron chi connectivity index (χ2n) is 4.81. The van der Waals surface area contributed by atoms with Gasteiger partial charge in [0.1, 0.15) is 0 Å². The highest BCUT2D eigenvalue weighted by molar-refractivity contribution is 5.81. The first-order valence-corrected chi connectivity index (χ1v) is 5.40. The first-order valence-electron chi connectivity index (χ1n) is 5.40. The lowest BCUT2D eigenvalue weighted by atomic mass is 9.95. The van der Waals surface area contributed by atoms with Gasteiger partial charge >= 0.3 is 0 Å². The zero-order valence-corrected chi connectivity index (χ0v) is 9.89. The molecule has 0 saturated heterocycles. The molecule has 0 bridgehead atoms. The van der Waals surface area contributed by atoms with Crippen LogP contribution < -0.4 is 11.1 Å². The van der Waals surface area contributed by atoms with Crippen molar-refractivity contribution in [2.24, 2.45) is 17.1 Å². The normalized spacial score (nSPS) is 13.8. The molecule has 3 heteroatoms. The number of carbonyl (C=O) groups is 1. The Balaban J connectivity index is 3.85. The van der Waals surface area contributed by atoms with Gasteiger partial charge in [0, 0.05) is 12.0 Å². The Morgan fingerprint density at radius 1 is 1.43 bits per heavy atom. The van der Waals surface area contributed by atoms with Crippen molar-refractivity contribution in [3.05, 3.63) is 0 Å². The van der Waals surface area contributed by atoms with E-state index in [9.17, 15) is 4.79 Å². The summed E-state index contributed by atoms with van der Waals surface area (Å²) in [5.74, 6) is 0.638. The Morgan fingerprint density at radius 3 is 2.36 bits per heavy atom. The quantitative estimate of drug-likeness (QED) is 0.707. The lowest BCUT2D eigenvalue weighted by molar-refractivity contribution is -0.128. The third kappa shape index (κ3) is 5.22. The average molecular weight is 200 g/mol. The van der Waals surface area contributed by atoms with Crippen molar-refractivity contribution in [1.82, 2.24) is 5.32 Å². The molecule has 3 N–H and O–H groups in total. The zero-order valence-electron chi connectivity index (χ0n) is 9.89. The Bertz CT molecular complexity index is 173. The summed E-state index contributed by atoms with van der Waals surface area (Å²) in [7, 11) is 0. The van der Waals surface area contributed by atoms with Crippen molar-refractivity contribution in [2.75, 3.05) is 13.1 Å². The van der Waals surface area contributed by atoms with Gasteiger partial charge in [-0.25, -0.2) is 0 Å². The maximum absolute atomic E-state index is 11.5. The summed E-state index contributed by atoms with van der Waals surface area (Å²) in [6, 6.07) is 0. The molecule has 0 rings (SSSR count). The van der Waals surface area contributed by atoms with E-state index in [-0.39, 0.29) is 11.3 Å². The van der Waals surface area contributed by atoms with Gasteiger partial charge in [-0.05, 0) is 18.9 Å². The van der Waals surface area contributed by atoms with Crippen molar-refractivity contribution in [1.29, 1.82) is 0 Å². The van der Waals surface area contributed by atoms with Gasteiger partial charge in [0.25, 0.3) is 0 Å². The molecule has 0 saturated carbocycles. The van der Waals surface area contributed by atoms with E-state index in [2.05, 4.69) is 12.2 Å². The summed E-state index contributed by atoms with van der Waals surface area (Å²) in [5, 5.41) is 2.96. The number of amides is 1. The molecule has 0 radical (unpaired) electrons. The number of hydrogen-bond donors (Lipinski definition) is 2. The summed E-state index contributed by atoms with van der Waals surface area (Å²) in [6.45, 7) is 9.35. The van der Waals surface area contributed by atoms with Crippen LogP contribution in [0.5, 0.6) is 0 Å². The largest absolute Gasteiger partial charge is 0.355 e. The average Bonchev–Trinajstić information content (AvgIpc) is 2.10. The predicted octanol–water partition coefficient (Wildman–Crippen LogP) is 1.52. The fraction of sp³-hybridized carbons (Fsp3) is 0.909. The van der Waals surface area contributed by atoms with Crippen LogP contribution in [-0.2, 0) is 4.79 Å².